The second-order valence-electron chi connectivity index (χ2n) is 5.14. The monoisotopic (exact) mass is 256 g/mol. The van der Waals surface area contributed by atoms with Crippen LogP contribution in [0.4, 0.5) is 0 Å². The van der Waals surface area contributed by atoms with Gasteiger partial charge < -0.3 is 19.8 Å². The molecule has 0 saturated carbocycles. The van der Waals surface area contributed by atoms with Gasteiger partial charge in [0.25, 0.3) is 0 Å². The zero-order valence-electron chi connectivity index (χ0n) is 11.4. The fourth-order valence-electron chi connectivity index (χ4n) is 1.84. The molecule has 0 aliphatic carbocycles. The van der Waals surface area contributed by atoms with Crippen LogP contribution in [0.25, 0.3) is 0 Å². The van der Waals surface area contributed by atoms with Crippen molar-refractivity contribution in [3.63, 3.8) is 0 Å². The second-order valence-corrected chi connectivity index (χ2v) is 5.14. The van der Waals surface area contributed by atoms with Crippen LogP contribution in [0.3, 0.4) is 0 Å². The third kappa shape index (κ3) is 9.02. The van der Waals surface area contributed by atoms with Crippen LogP contribution in [0.5, 0.6) is 0 Å². The minimum absolute atomic E-state index is 0.353. The van der Waals surface area contributed by atoms with Crippen LogP contribution in [0, 0.1) is 11.8 Å². The predicted octanol–water partition coefficient (Wildman–Crippen LogP) is 0.879. The Labute approximate surface area is 109 Å². The predicted molar refractivity (Wildman–Crippen MR) is 65.3 cm³/mol. The maximum absolute atomic E-state index is 10.5. The van der Waals surface area contributed by atoms with Crippen LogP contribution in [-0.2, 0) is 9.59 Å². The molecule has 0 amide bonds. The van der Waals surface area contributed by atoms with Crippen LogP contribution >= 0.6 is 0 Å². The van der Waals surface area contributed by atoms with E-state index >= 15 is 0 Å². The summed E-state index contributed by atoms with van der Waals surface area (Å²) < 4.78 is 0. The Morgan fingerprint density at radius 3 is 1.28 bits per heavy atom. The van der Waals surface area contributed by atoms with Crippen molar-refractivity contribution in [1.29, 1.82) is 0 Å². The molecule has 0 aromatic rings. The van der Waals surface area contributed by atoms with Gasteiger partial charge in [-0.3, -0.25) is 0 Å². The van der Waals surface area contributed by atoms with Crippen molar-refractivity contribution < 1.29 is 19.8 Å². The highest BCUT2D eigenvalue weighted by Gasteiger charge is 2.03. The second kappa shape index (κ2) is 9.92. The Balaban J connectivity index is 3.26. The Bertz CT molecular complexity index is 224. The fraction of sp³-hybridized carbons (Fsp3) is 0.857. The van der Waals surface area contributed by atoms with Crippen molar-refractivity contribution in [2.24, 2.45) is 11.8 Å². The number of carbonyl (C=O) groups excluding carboxylic acids is 2. The van der Waals surface area contributed by atoms with Gasteiger partial charge in [-0.25, -0.2) is 0 Å². The molecule has 0 aliphatic rings. The van der Waals surface area contributed by atoms with Crippen LogP contribution in [0.1, 0.15) is 65.2 Å². The van der Waals surface area contributed by atoms with Crippen LogP contribution in [0.2, 0.25) is 0 Å². The molecule has 0 fully saturated rings. The SMILES string of the molecule is C[C@H](CCCCCCCC[C@@H](C)C(=O)[O-])C(=O)[O-]. The van der Waals surface area contributed by atoms with E-state index in [4.69, 9.17) is 0 Å². The van der Waals surface area contributed by atoms with Gasteiger partial charge in [0.2, 0.25) is 0 Å². The highest BCUT2D eigenvalue weighted by Crippen LogP contribution is 2.14. The van der Waals surface area contributed by atoms with Gasteiger partial charge in [0.05, 0.1) is 0 Å². The average molecular weight is 256 g/mol. The largest absolute Gasteiger partial charge is 0.550 e. The fourth-order valence-corrected chi connectivity index (χ4v) is 1.84. The lowest BCUT2D eigenvalue weighted by Gasteiger charge is -2.12. The van der Waals surface area contributed by atoms with Crippen molar-refractivity contribution >= 4 is 11.9 Å². The van der Waals surface area contributed by atoms with Crippen LogP contribution in [-0.4, -0.2) is 11.9 Å². The molecule has 106 valence electrons. The molecule has 18 heavy (non-hydrogen) atoms. The summed E-state index contributed by atoms with van der Waals surface area (Å²) in [5, 5.41) is 20.9. The minimum atomic E-state index is -0.966. The number of carbonyl (C=O) groups is 2. The van der Waals surface area contributed by atoms with E-state index in [1.807, 2.05) is 0 Å². The molecule has 0 unspecified atom stereocenters. The number of unbranched alkanes of at least 4 members (excludes halogenated alkanes) is 5. The quantitative estimate of drug-likeness (QED) is 0.514. The molecule has 0 aromatic heterocycles. The zero-order valence-corrected chi connectivity index (χ0v) is 11.4. The molecule has 0 radical (unpaired) electrons. The van der Waals surface area contributed by atoms with Gasteiger partial charge in [0.15, 0.2) is 0 Å². The van der Waals surface area contributed by atoms with Crippen molar-refractivity contribution in [3.05, 3.63) is 0 Å². The highest BCUT2D eigenvalue weighted by atomic mass is 16.4. The van der Waals surface area contributed by atoms with Crippen molar-refractivity contribution in [1.82, 2.24) is 0 Å². The minimum Gasteiger partial charge on any atom is -0.550 e. The molecule has 0 aliphatic heterocycles. The number of hydrogen-bond donors (Lipinski definition) is 0. The average Bonchev–Trinajstić information content (AvgIpc) is 2.31. The molecule has 0 aromatic carbocycles. The molecule has 0 saturated heterocycles. The summed E-state index contributed by atoms with van der Waals surface area (Å²) in [6, 6.07) is 0. The summed E-state index contributed by atoms with van der Waals surface area (Å²) in [5.74, 6) is -2.64. The normalized spacial score (nSPS) is 14.1. The molecule has 4 nitrogen and oxygen atoms in total. The topological polar surface area (TPSA) is 80.3 Å². The van der Waals surface area contributed by atoms with Gasteiger partial charge in [-0.15, -0.1) is 0 Å². The summed E-state index contributed by atoms with van der Waals surface area (Å²) in [5.41, 5.74) is 0. The maximum atomic E-state index is 10.5. The molecule has 0 spiro atoms. The van der Waals surface area contributed by atoms with E-state index in [2.05, 4.69) is 0 Å². The first-order chi connectivity index (χ1) is 8.45. The van der Waals surface area contributed by atoms with E-state index in [9.17, 15) is 19.8 Å². The summed E-state index contributed by atoms with van der Waals surface area (Å²) in [7, 11) is 0. The smallest absolute Gasteiger partial charge is 0.0442 e. The molecule has 0 rings (SSSR count). The lowest BCUT2D eigenvalue weighted by molar-refractivity contribution is -0.312. The summed E-state index contributed by atoms with van der Waals surface area (Å²) >= 11 is 0. The Morgan fingerprint density at radius 2 is 1.00 bits per heavy atom. The van der Waals surface area contributed by atoms with Gasteiger partial charge in [-0.05, 0) is 24.7 Å². The first-order valence-corrected chi connectivity index (χ1v) is 6.87. The maximum Gasteiger partial charge on any atom is 0.0442 e. The molecular formula is C14H24O4-2. The Morgan fingerprint density at radius 1 is 0.722 bits per heavy atom. The van der Waals surface area contributed by atoms with E-state index in [-0.39, 0.29) is 11.8 Å². The van der Waals surface area contributed by atoms with E-state index < -0.39 is 11.9 Å². The summed E-state index contributed by atoms with van der Waals surface area (Å²) in [6.45, 7) is 3.35. The highest BCUT2D eigenvalue weighted by molar-refractivity contribution is 5.67. The number of carboxylic acid groups (broad SMARTS) is 2. The van der Waals surface area contributed by atoms with Gasteiger partial charge in [-0.2, -0.15) is 0 Å². The number of rotatable bonds is 11. The molecular weight excluding hydrogens is 232 g/mol. The third-order valence-electron chi connectivity index (χ3n) is 3.33. The summed E-state index contributed by atoms with van der Waals surface area (Å²) in [4.78, 5) is 20.9. The standard InChI is InChI=1S/C14H26O4/c1-11(13(15)16)9-7-5-3-4-6-8-10-12(2)14(17)18/h11-12H,3-10H2,1-2H3,(H,15,16)(H,17,18)/p-2/t11-,12-/m1/s1. The van der Waals surface area contributed by atoms with E-state index in [0.29, 0.717) is 12.8 Å². The Kier molecular flexibility index (Phi) is 9.33. The molecule has 0 bridgehead atoms. The van der Waals surface area contributed by atoms with Crippen LogP contribution < -0.4 is 10.2 Å². The third-order valence-corrected chi connectivity index (χ3v) is 3.33. The van der Waals surface area contributed by atoms with Crippen LogP contribution in [0.15, 0.2) is 0 Å². The van der Waals surface area contributed by atoms with Gasteiger partial charge in [-0.1, -0.05) is 52.4 Å². The molecule has 4 heteroatoms. The van der Waals surface area contributed by atoms with Gasteiger partial charge in [0.1, 0.15) is 0 Å². The van der Waals surface area contributed by atoms with Crippen molar-refractivity contribution in [3.8, 4) is 0 Å². The molecule has 2 atom stereocenters. The molecule has 0 heterocycles. The number of aliphatic carboxylic acids is 2. The van der Waals surface area contributed by atoms with E-state index in [1.54, 1.807) is 13.8 Å². The van der Waals surface area contributed by atoms with Crippen molar-refractivity contribution in [2.45, 2.75) is 65.2 Å². The first kappa shape index (κ1) is 16.9. The van der Waals surface area contributed by atoms with Crippen molar-refractivity contribution in [2.75, 3.05) is 0 Å². The lowest BCUT2D eigenvalue weighted by atomic mass is 10.00. The van der Waals surface area contributed by atoms with E-state index in [1.165, 1.54) is 0 Å². The molecule has 0 N–H and O–H groups in total. The lowest BCUT2D eigenvalue weighted by Crippen LogP contribution is -2.29. The number of carboxylic acids is 2. The van der Waals surface area contributed by atoms with E-state index in [0.717, 1.165) is 38.5 Å². The number of hydrogen-bond acceptors (Lipinski definition) is 4. The Hall–Kier alpha value is -1.06. The zero-order chi connectivity index (χ0) is 14.0. The summed E-state index contributed by atoms with van der Waals surface area (Å²) in [6.07, 6.45) is 7.45. The van der Waals surface area contributed by atoms with Gasteiger partial charge >= 0.3 is 0 Å². The first-order valence-electron chi connectivity index (χ1n) is 6.87. The van der Waals surface area contributed by atoms with Gasteiger partial charge in [0, 0.05) is 11.9 Å².